The summed E-state index contributed by atoms with van der Waals surface area (Å²) < 4.78 is 24.3. The Bertz CT molecular complexity index is 441. The van der Waals surface area contributed by atoms with Gasteiger partial charge in [-0.15, -0.1) is 0 Å². The van der Waals surface area contributed by atoms with Crippen LogP contribution in [-0.2, 0) is 18.9 Å². The molecule has 0 unspecified atom stereocenters. The van der Waals surface area contributed by atoms with E-state index in [1.165, 1.54) is 25.7 Å². The van der Waals surface area contributed by atoms with E-state index in [4.69, 9.17) is 18.9 Å². The molecule has 2 saturated heterocycles. The highest BCUT2D eigenvalue weighted by Gasteiger charge is 2.53. The molecule has 2 aliphatic heterocycles. The molecule has 0 radical (unpaired) electrons. The van der Waals surface area contributed by atoms with Gasteiger partial charge in [-0.3, -0.25) is 0 Å². The van der Waals surface area contributed by atoms with Gasteiger partial charge in [0.15, 0.2) is 11.6 Å². The zero-order valence-electron chi connectivity index (χ0n) is 15.3. The maximum atomic E-state index is 6.02. The molecule has 2 heterocycles. The van der Waals surface area contributed by atoms with Gasteiger partial charge < -0.3 is 18.9 Å². The van der Waals surface area contributed by atoms with Crippen LogP contribution < -0.4 is 0 Å². The average molecular weight is 375 g/mol. The van der Waals surface area contributed by atoms with Crippen molar-refractivity contribution in [3.05, 3.63) is 0 Å². The van der Waals surface area contributed by atoms with Gasteiger partial charge in [-0.2, -0.15) is 0 Å². The van der Waals surface area contributed by atoms with Crippen molar-refractivity contribution in [2.45, 2.75) is 99.5 Å². The second-order valence-electron chi connectivity index (χ2n) is 8.84. The predicted molar refractivity (Wildman–Crippen MR) is 98.2 cm³/mol. The molecule has 4 fully saturated rings. The van der Waals surface area contributed by atoms with Crippen LogP contribution in [0, 0.1) is 0 Å². The summed E-state index contributed by atoms with van der Waals surface area (Å²) in [6.07, 6.45) is 8.04. The molecule has 4 aliphatic rings. The molecular weight excluding hydrogens is 344 g/mol. The zero-order chi connectivity index (χ0) is 17.1. The molecule has 0 aromatic heterocycles. The summed E-state index contributed by atoms with van der Waals surface area (Å²) in [7, 11) is 4.23. The first-order valence-corrected chi connectivity index (χ1v) is 11.3. The molecule has 4 rings (SSSR count). The van der Waals surface area contributed by atoms with Crippen LogP contribution in [0.3, 0.4) is 0 Å². The maximum absolute atomic E-state index is 6.02. The molecule has 0 aromatic carbocycles. The van der Waals surface area contributed by atoms with Gasteiger partial charge in [-0.1, -0.05) is 21.6 Å². The van der Waals surface area contributed by atoms with Crippen molar-refractivity contribution in [2.75, 3.05) is 13.2 Å². The molecule has 2 saturated carbocycles. The molecule has 2 aliphatic carbocycles. The lowest BCUT2D eigenvalue weighted by atomic mass is 10.2. The van der Waals surface area contributed by atoms with Gasteiger partial charge in [0.1, 0.15) is 0 Å². The van der Waals surface area contributed by atoms with Crippen LogP contribution in [-0.4, -0.2) is 46.5 Å². The fourth-order valence-electron chi connectivity index (χ4n) is 3.66. The number of hydrogen-bond acceptors (Lipinski definition) is 6. The Morgan fingerprint density at radius 3 is 1.33 bits per heavy atom. The fourth-order valence-corrected chi connectivity index (χ4v) is 7.52. The summed E-state index contributed by atoms with van der Waals surface area (Å²) >= 11 is 0. The second-order valence-corrected chi connectivity index (χ2v) is 11.9. The van der Waals surface area contributed by atoms with Gasteiger partial charge in [-0.05, 0) is 66.2 Å². The van der Waals surface area contributed by atoms with Crippen LogP contribution in [0.5, 0.6) is 0 Å². The quantitative estimate of drug-likeness (QED) is 0.610. The maximum Gasteiger partial charge on any atom is 0.163 e. The largest absolute Gasteiger partial charge is 0.348 e. The molecule has 24 heavy (non-hydrogen) atoms. The van der Waals surface area contributed by atoms with E-state index >= 15 is 0 Å². The lowest BCUT2D eigenvalue weighted by molar-refractivity contribution is -0.139. The smallest absolute Gasteiger partial charge is 0.163 e. The molecule has 0 spiro atoms. The molecule has 138 valence electrons. The Morgan fingerprint density at radius 1 is 0.708 bits per heavy atom. The molecule has 4 nitrogen and oxygen atoms in total. The monoisotopic (exact) mass is 374 g/mol. The minimum absolute atomic E-state index is 0.262. The van der Waals surface area contributed by atoms with Crippen molar-refractivity contribution in [1.29, 1.82) is 0 Å². The molecule has 6 heteroatoms. The molecular formula is C18H30O4S2. The van der Waals surface area contributed by atoms with E-state index in [1.54, 1.807) is 0 Å². The highest BCUT2D eigenvalue weighted by atomic mass is 33.1. The Hall–Kier alpha value is 0.540. The first-order chi connectivity index (χ1) is 11.2. The SMILES string of the molecule is CC1(C)OC[C@@H](CC2(SSC3(C[C@@H]4COC(C)(C)O4)CC3)CC2)O1. The van der Waals surface area contributed by atoms with Gasteiger partial charge in [0, 0.05) is 9.49 Å². The van der Waals surface area contributed by atoms with Gasteiger partial charge in [0.05, 0.1) is 25.4 Å². The van der Waals surface area contributed by atoms with Crippen LogP contribution in [0.15, 0.2) is 0 Å². The Kier molecular flexibility index (Phi) is 4.50. The third-order valence-corrected chi connectivity index (χ3v) is 9.66. The number of hydrogen-bond donors (Lipinski definition) is 0. The van der Waals surface area contributed by atoms with Crippen molar-refractivity contribution in [3.8, 4) is 0 Å². The first kappa shape index (κ1) is 17.9. The van der Waals surface area contributed by atoms with Crippen molar-refractivity contribution in [2.24, 2.45) is 0 Å². The van der Waals surface area contributed by atoms with E-state index in [0.717, 1.165) is 26.1 Å². The van der Waals surface area contributed by atoms with Crippen LogP contribution in [0.1, 0.15) is 66.2 Å². The van der Waals surface area contributed by atoms with E-state index in [-0.39, 0.29) is 12.2 Å². The Balaban J connectivity index is 1.24. The van der Waals surface area contributed by atoms with E-state index < -0.39 is 11.6 Å². The van der Waals surface area contributed by atoms with Gasteiger partial charge in [0.2, 0.25) is 0 Å². The Morgan fingerprint density at radius 2 is 1.08 bits per heavy atom. The molecule has 0 bridgehead atoms. The Labute approximate surface area is 153 Å². The van der Waals surface area contributed by atoms with Gasteiger partial charge in [0.25, 0.3) is 0 Å². The molecule has 0 aromatic rings. The summed E-state index contributed by atoms with van der Waals surface area (Å²) in [4.78, 5) is 0. The van der Waals surface area contributed by atoms with Gasteiger partial charge >= 0.3 is 0 Å². The summed E-state index contributed by atoms with van der Waals surface area (Å²) in [6.45, 7) is 9.54. The van der Waals surface area contributed by atoms with E-state index in [9.17, 15) is 0 Å². The van der Waals surface area contributed by atoms with E-state index in [0.29, 0.717) is 9.49 Å². The van der Waals surface area contributed by atoms with Crippen LogP contribution in [0.2, 0.25) is 0 Å². The zero-order valence-corrected chi connectivity index (χ0v) is 16.9. The summed E-state index contributed by atoms with van der Waals surface area (Å²) in [5.74, 6) is -0.800. The van der Waals surface area contributed by atoms with Crippen molar-refractivity contribution in [1.82, 2.24) is 0 Å². The predicted octanol–water partition coefficient (Wildman–Crippen LogP) is 4.52. The minimum Gasteiger partial charge on any atom is -0.348 e. The molecule has 0 amide bonds. The average Bonchev–Trinajstić information content (AvgIpc) is 3.35. The highest BCUT2D eigenvalue weighted by Crippen LogP contribution is 2.65. The number of rotatable bonds is 7. The lowest BCUT2D eigenvalue weighted by Crippen LogP contribution is -2.25. The second kappa shape index (κ2) is 6.03. The fraction of sp³-hybridized carbons (Fsp3) is 1.00. The lowest BCUT2D eigenvalue weighted by Gasteiger charge is -2.24. The van der Waals surface area contributed by atoms with E-state index in [1.807, 2.05) is 27.7 Å². The molecule has 2 atom stereocenters. The topological polar surface area (TPSA) is 36.9 Å². The van der Waals surface area contributed by atoms with E-state index in [2.05, 4.69) is 21.6 Å². The minimum atomic E-state index is -0.400. The summed E-state index contributed by atoms with van der Waals surface area (Å²) in [6, 6.07) is 0. The summed E-state index contributed by atoms with van der Waals surface area (Å²) in [5, 5.41) is 0. The molecule has 0 N–H and O–H groups in total. The number of ether oxygens (including phenoxy) is 4. The van der Waals surface area contributed by atoms with Crippen molar-refractivity contribution in [3.63, 3.8) is 0 Å². The van der Waals surface area contributed by atoms with Crippen LogP contribution in [0.4, 0.5) is 0 Å². The third-order valence-electron chi connectivity index (χ3n) is 5.34. The normalized spacial score (nSPS) is 37.5. The standard InChI is InChI=1S/C18H30O4S2/c1-15(2)19-11-13(21-15)9-17(5-6-17)23-24-18(7-8-18)10-14-12-20-16(3,4)22-14/h13-14H,5-12H2,1-4H3/t13-,14-/m1/s1. The summed E-state index contributed by atoms with van der Waals surface area (Å²) in [5.41, 5.74) is 0. The first-order valence-electron chi connectivity index (χ1n) is 9.19. The van der Waals surface area contributed by atoms with Crippen molar-refractivity contribution < 1.29 is 18.9 Å². The van der Waals surface area contributed by atoms with Crippen LogP contribution in [0.25, 0.3) is 0 Å². The highest BCUT2D eigenvalue weighted by molar-refractivity contribution is 8.77. The van der Waals surface area contributed by atoms with Crippen LogP contribution >= 0.6 is 21.6 Å². The van der Waals surface area contributed by atoms with Crippen molar-refractivity contribution >= 4 is 21.6 Å². The third kappa shape index (κ3) is 4.26. The van der Waals surface area contributed by atoms with Gasteiger partial charge in [-0.25, -0.2) is 0 Å².